The third kappa shape index (κ3) is 4.44. The molecule has 1 rings (SSSR count). The summed E-state index contributed by atoms with van der Waals surface area (Å²) in [6, 6.07) is 10.2. The largest absolute Gasteiger partial charge is 0.396 e. The SMILES string of the molecule is CC(C)N(CCCO)CC(C)(C=O)c1ccccc1. The van der Waals surface area contributed by atoms with E-state index in [4.69, 9.17) is 5.11 Å². The maximum absolute atomic E-state index is 11.6. The van der Waals surface area contributed by atoms with E-state index in [1.165, 1.54) is 0 Å². The van der Waals surface area contributed by atoms with Crippen molar-refractivity contribution in [1.82, 2.24) is 4.90 Å². The zero-order valence-corrected chi connectivity index (χ0v) is 12.2. The van der Waals surface area contributed by atoms with Gasteiger partial charge in [-0.2, -0.15) is 0 Å². The summed E-state index contributed by atoms with van der Waals surface area (Å²) in [5.74, 6) is 0. The van der Waals surface area contributed by atoms with Crippen molar-refractivity contribution in [1.29, 1.82) is 0 Å². The minimum atomic E-state index is -0.499. The number of rotatable bonds is 8. The number of nitrogens with zero attached hydrogens (tertiary/aromatic N) is 1. The second-order valence-electron chi connectivity index (χ2n) is 5.54. The van der Waals surface area contributed by atoms with Gasteiger partial charge in [-0.05, 0) is 32.8 Å². The summed E-state index contributed by atoms with van der Waals surface area (Å²) in [5.41, 5.74) is 0.542. The Morgan fingerprint density at radius 2 is 1.95 bits per heavy atom. The molecule has 0 aromatic heterocycles. The van der Waals surface area contributed by atoms with Gasteiger partial charge in [-0.3, -0.25) is 4.90 Å². The molecule has 1 N–H and O–H groups in total. The lowest BCUT2D eigenvalue weighted by molar-refractivity contribution is -0.113. The van der Waals surface area contributed by atoms with Crippen LogP contribution in [0.4, 0.5) is 0 Å². The van der Waals surface area contributed by atoms with Crippen LogP contribution in [0.3, 0.4) is 0 Å². The van der Waals surface area contributed by atoms with E-state index in [1.54, 1.807) is 0 Å². The monoisotopic (exact) mass is 263 g/mol. The van der Waals surface area contributed by atoms with Crippen LogP contribution in [-0.4, -0.2) is 42.0 Å². The Balaban J connectivity index is 2.86. The first-order valence-corrected chi connectivity index (χ1v) is 6.90. The van der Waals surface area contributed by atoms with Crippen LogP contribution in [-0.2, 0) is 10.2 Å². The Labute approximate surface area is 116 Å². The Kier molecular flexibility index (Phi) is 6.19. The van der Waals surface area contributed by atoms with Gasteiger partial charge >= 0.3 is 0 Å². The molecule has 0 saturated carbocycles. The van der Waals surface area contributed by atoms with Gasteiger partial charge < -0.3 is 9.90 Å². The molecule has 0 aliphatic carbocycles. The van der Waals surface area contributed by atoms with Crippen molar-refractivity contribution in [2.75, 3.05) is 19.7 Å². The third-order valence-corrected chi connectivity index (χ3v) is 3.56. The summed E-state index contributed by atoms with van der Waals surface area (Å²) < 4.78 is 0. The first kappa shape index (κ1) is 15.9. The standard InChI is InChI=1S/C16H25NO2/c1-14(2)17(10-7-11-18)12-16(3,13-19)15-8-5-4-6-9-15/h4-6,8-9,13-14,18H,7,10-12H2,1-3H3. The Bertz CT molecular complexity index is 378. The fourth-order valence-electron chi connectivity index (χ4n) is 2.23. The van der Waals surface area contributed by atoms with Crippen LogP contribution in [0.1, 0.15) is 32.8 Å². The van der Waals surface area contributed by atoms with E-state index in [0.717, 1.165) is 24.8 Å². The van der Waals surface area contributed by atoms with Crippen molar-refractivity contribution in [2.45, 2.75) is 38.6 Å². The van der Waals surface area contributed by atoms with E-state index in [1.807, 2.05) is 37.3 Å². The van der Waals surface area contributed by atoms with Crippen molar-refractivity contribution < 1.29 is 9.90 Å². The number of aliphatic hydroxyl groups is 1. The van der Waals surface area contributed by atoms with Crippen molar-refractivity contribution in [3.8, 4) is 0 Å². The van der Waals surface area contributed by atoms with Gasteiger partial charge in [0.25, 0.3) is 0 Å². The van der Waals surface area contributed by atoms with E-state index >= 15 is 0 Å². The van der Waals surface area contributed by atoms with Gasteiger partial charge in [0.2, 0.25) is 0 Å². The number of hydrogen-bond donors (Lipinski definition) is 1. The van der Waals surface area contributed by atoms with E-state index in [9.17, 15) is 4.79 Å². The predicted octanol–water partition coefficient (Wildman–Crippen LogP) is 2.24. The van der Waals surface area contributed by atoms with Gasteiger partial charge in [-0.15, -0.1) is 0 Å². The van der Waals surface area contributed by atoms with Crippen LogP contribution in [0.5, 0.6) is 0 Å². The number of carbonyl (C=O) groups excluding carboxylic acids is 1. The molecular weight excluding hydrogens is 238 g/mol. The Hall–Kier alpha value is -1.19. The molecule has 0 spiro atoms. The average Bonchev–Trinajstić information content (AvgIpc) is 2.43. The lowest BCUT2D eigenvalue weighted by Crippen LogP contribution is -2.44. The molecule has 0 aliphatic heterocycles. The summed E-state index contributed by atoms with van der Waals surface area (Å²) in [4.78, 5) is 13.8. The minimum absolute atomic E-state index is 0.187. The average molecular weight is 263 g/mol. The van der Waals surface area contributed by atoms with Crippen molar-refractivity contribution in [3.63, 3.8) is 0 Å². The van der Waals surface area contributed by atoms with Crippen molar-refractivity contribution in [3.05, 3.63) is 35.9 Å². The highest BCUT2D eigenvalue weighted by Crippen LogP contribution is 2.23. The highest BCUT2D eigenvalue weighted by Gasteiger charge is 2.29. The quantitative estimate of drug-likeness (QED) is 0.731. The summed E-state index contributed by atoms with van der Waals surface area (Å²) in [6.07, 6.45) is 1.78. The highest BCUT2D eigenvalue weighted by molar-refractivity contribution is 5.68. The third-order valence-electron chi connectivity index (χ3n) is 3.56. The van der Waals surface area contributed by atoms with Gasteiger partial charge in [0.15, 0.2) is 0 Å². The highest BCUT2D eigenvalue weighted by atomic mass is 16.3. The van der Waals surface area contributed by atoms with Gasteiger partial charge in [-0.1, -0.05) is 30.3 Å². The zero-order valence-electron chi connectivity index (χ0n) is 12.2. The van der Waals surface area contributed by atoms with E-state index in [2.05, 4.69) is 18.7 Å². The van der Waals surface area contributed by atoms with Crippen LogP contribution < -0.4 is 0 Å². The first-order chi connectivity index (χ1) is 9.03. The summed E-state index contributed by atoms with van der Waals surface area (Å²) >= 11 is 0. The molecule has 3 heteroatoms. The van der Waals surface area contributed by atoms with Crippen molar-refractivity contribution in [2.24, 2.45) is 0 Å². The molecule has 3 nitrogen and oxygen atoms in total. The van der Waals surface area contributed by atoms with E-state index in [-0.39, 0.29) is 6.61 Å². The van der Waals surface area contributed by atoms with Gasteiger partial charge in [0.05, 0.1) is 5.41 Å². The second-order valence-corrected chi connectivity index (χ2v) is 5.54. The molecule has 106 valence electrons. The predicted molar refractivity (Wildman–Crippen MR) is 78.3 cm³/mol. The number of benzene rings is 1. The Morgan fingerprint density at radius 3 is 2.42 bits per heavy atom. The normalized spacial score (nSPS) is 14.6. The van der Waals surface area contributed by atoms with Gasteiger partial charge in [-0.25, -0.2) is 0 Å². The van der Waals surface area contributed by atoms with Gasteiger partial charge in [0.1, 0.15) is 6.29 Å². The lowest BCUT2D eigenvalue weighted by Gasteiger charge is -2.34. The molecule has 1 unspecified atom stereocenters. The van der Waals surface area contributed by atoms with Crippen LogP contribution in [0.2, 0.25) is 0 Å². The maximum atomic E-state index is 11.6. The molecule has 1 aromatic carbocycles. The van der Waals surface area contributed by atoms with Gasteiger partial charge in [0, 0.05) is 25.7 Å². The molecule has 0 aliphatic rings. The van der Waals surface area contributed by atoms with Crippen molar-refractivity contribution >= 4 is 6.29 Å². The van der Waals surface area contributed by atoms with E-state index in [0.29, 0.717) is 12.6 Å². The number of aldehydes is 1. The van der Waals surface area contributed by atoms with Crippen LogP contribution in [0.15, 0.2) is 30.3 Å². The second kappa shape index (κ2) is 7.41. The molecule has 1 atom stereocenters. The zero-order chi connectivity index (χ0) is 14.3. The van der Waals surface area contributed by atoms with E-state index < -0.39 is 5.41 Å². The molecule has 19 heavy (non-hydrogen) atoms. The number of carbonyl (C=O) groups is 1. The molecular formula is C16H25NO2. The smallest absolute Gasteiger partial charge is 0.131 e. The molecule has 0 amide bonds. The first-order valence-electron chi connectivity index (χ1n) is 6.90. The minimum Gasteiger partial charge on any atom is -0.396 e. The lowest BCUT2D eigenvalue weighted by atomic mass is 9.83. The Morgan fingerprint density at radius 1 is 1.32 bits per heavy atom. The molecule has 0 bridgehead atoms. The molecule has 1 aromatic rings. The van der Waals surface area contributed by atoms with Crippen LogP contribution in [0, 0.1) is 0 Å². The fourth-order valence-corrected chi connectivity index (χ4v) is 2.23. The summed E-state index contributed by atoms with van der Waals surface area (Å²) in [7, 11) is 0. The molecule has 0 heterocycles. The summed E-state index contributed by atoms with van der Waals surface area (Å²) in [6.45, 7) is 7.89. The molecule has 0 saturated heterocycles. The number of hydrogen-bond acceptors (Lipinski definition) is 3. The van der Waals surface area contributed by atoms with Crippen LogP contribution in [0.25, 0.3) is 0 Å². The number of aliphatic hydroxyl groups excluding tert-OH is 1. The molecule has 0 fully saturated rings. The van der Waals surface area contributed by atoms with Crippen LogP contribution >= 0.6 is 0 Å². The molecule has 0 radical (unpaired) electrons. The maximum Gasteiger partial charge on any atom is 0.131 e. The fraction of sp³-hybridized carbons (Fsp3) is 0.562. The summed E-state index contributed by atoms with van der Waals surface area (Å²) in [5, 5.41) is 8.97. The topological polar surface area (TPSA) is 40.5 Å².